The lowest BCUT2D eigenvalue weighted by molar-refractivity contribution is -0.146. The minimum atomic E-state index is -0.287. The summed E-state index contributed by atoms with van der Waals surface area (Å²) in [6, 6.07) is 9.54. The fourth-order valence-corrected chi connectivity index (χ4v) is 3.08. The first-order valence-electron chi connectivity index (χ1n) is 7.96. The smallest absolute Gasteiger partial charge is 0.251 e. The Kier molecular flexibility index (Phi) is 4.22. The highest BCUT2D eigenvalue weighted by atomic mass is 16.5. The van der Waals surface area contributed by atoms with Gasteiger partial charge in [0.2, 0.25) is 5.91 Å². The quantitative estimate of drug-likeness (QED) is 0.943. The first-order valence-corrected chi connectivity index (χ1v) is 7.96. The number of carbonyl (C=O) groups is 1. The molecule has 2 heterocycles. The molecule has 1 amide bonds. The third kappa shape index (κ3) is 3.29. The molecule has 122 valence electrons. The third-order valence-electron chi connectivity index (χ3n) is 4.38. The fraction of sp³-hybridized carbons (Fsp3) is 0.444. The molecule has 1 fully saturated rings. The van der Waals surface area contributed by atoms with E-state index < -0.39 is 0 Å². The number of hydrogen-bond acceptors (Lipinski definition) is 3. The van der Waals surface area contributed by atoms with Crippen LogP contribution in [0, 0.1) is 0 Å². The van der Waals surface area contributed by atoms with Gasteiger partial charge in [-0.1, -0.05) is 18.2 Å². The number of aromatic nitrogens is 1. The van der Waals surface area contributed by atoms with Crippen LogP contribution >= 0.6 is 0 Å². The Hall–Kier alpha value is -2.14. The lowest BCUT2D eigenvalue weighted by atomic mass is 10.0. The van der Waals surface area contributed by atoms with E-state index in [1.54, 1.807) is 0 Å². The van der Waals surface area contributed by atoms with E-state index in [4.69, 9.17) is 4.74 Å². The van der Waals surface area contributed by atoms with Crippen LogP contribution in [0.3, 0.4) is 0 Å². The molecule has 5 heteroatoms. The van der Waals surface area contributed by atoms with Gasteiger partial charge in [-0.15, -0.1) is 0 Å². The summed E-state index contributed by atoms with van der Waals surface area (Å²) in [6.45, 7) is 5.75. The van der Waals surface area contributed by atoms with Crippen molar-refractivity contribution in [3.63, 3.8) is 0 Å². The van der Waals surface area contributed by atoms with Crippen LogP contribution in [0.2, 0.25) is 0 Å². The molecule has 0 saturated carbocycles. The Balaban J connectivity index is 1.74. The molecule has 2 aromatic rings. The molecule has 23 heavy (non-hydrogen) atoms. The van der Waals surface area contributed by atoms with Gasteiger partial charge >= 0.3 is 0 Å². The second-order valence-corrected chi connectivity index (χ2v) is 6.62. The van der Waals surface area contributed by atoms with Crippen molar-refractivity contribution in [1.29, 1.82) is 0 Å². The molecule has 1 aromatic carbocycles. The average molecular weight is 314 g/mol. The van der Waals surface area contributed by atoms with Crippen molar-refractivity contribution in [2.75, 3.05) is 19.8 Å². The van der Waals surface area contributed by atoms with Crippen LogP contribution in [0.25, 0.3) is 10.9 Å². The van der Waals surface area contributed by atoms with Crippen LogP contribution in [-0.4, -0.2) is 41.1 Å². The van der Waals surface area contributed by atoms with Crippen molar-refractivity contribution in [2.45, 2.75) is 32.2 Å². The highest BCUT2D eigenvalue weighted by molar-refractivity contribution is 5.80. The summed E-state index contributed by atoms with van der Waals surface area (Å²) in [6.07, 6.45) is 0.789. The van der Waals surface area contributed by atoms with Crippen molar-refractivity contribution >= 4 is 16.8 Å². The molecule has 1 aliphatic heterocycles. The summed E-state index contributed by atoms with van der Waals surface area (Å²) >= 11 is 0. The molecule has 1 aliphatic rings. The highest BCUT2D eigenvalue weighted by Crippen LogP contribution is 2.20. The first-order chi connectivity index (χ1) is 11.0. The number of ether oxygens (including phenoxy) is 1. The summed E-state index contributed by atoms with van der Waals surface area (Å²) < 4.78 is 5.45. The maximum absolute atomic E-state index is 12.5. The molecule has 0 radical (unpaired) electrons. The zero-order valence-electron chi connectivity index (χ0n) is 13.6. The highest BCUT2D eigenvalue weighted by Gasteiger charge is 2.33. The predicted octanol–water partition coefficient (Wildman–Crippen LogP) is 2.10. The van der Waals surface area contributed by atoms with Gasteiger partial charge < -0.3 is 14.6 Å². The summed E-state index contributed by atoms with van der Waals surface area (Å²) in [5, 5.41) is 0.987. The monoisotopic (exact) mass is 314 g/mol. The summed E-state index contributed by atoms with van der Waals surface area (Å²) in [7, 11) is 0. The topological polar surface area (TPSA) is 62.4 Å². The van der Waals surface area contributed by atoms with Gasteiger partial charge in [0, 0.05) is 24.0 Å². The van der Waals surface area contributed by atoms with E-state index in [-0.39, 0.29) is 17.0 Å². The number of nitrogens with zero attached hydrogens (tertiary/aromatic N) is 1. The molecular weight excluding hydrogens is 292 g/mol. The van der Waals surface area contributed by atoms with E-state index in [0.29, 0.717) is 38.2 Å². The van der Waals surface area contributed by atoms with Gasteiger partial charge in [-0.3, -0.25) is 9.59 Å². The molecule has 3 rings (SSSR count). The normalized spacial score (nSPS) is 17.4. The number of benzene rings is 1. The van der Waals surface area contributed by atoms with Crippen LogP contribution in [0.15, 0.2) is 35.1 Å². The Bertz CT molecular complexity index is 779. The van der Waals surface area contributed by atoms with Crippen LogP contribution < -0.4 is 5.56 Å². The number of nitrogens with one attached hydrogen (secondary N) is 1. The van der Waals surface area contributed by atoms with E-state index >= 15 is 0 Å². The molecule has 0 spiro atoms. The summed E-state index contributed by atoms with van der Waals surface area (Å²) in [5.41, 5.74) is 1.08. The SMILES string of the molecule is CC1(C)COCCN1C(=O)CCc1cc2ccccc2[nH]c1=O. The number of para-hydroxylation sites is 1. The first kappa shape index (κ1) is 15.7. The maximum atomic E-state index is 12.5. The molecule has 1 saturated heterocycles. The minimum Gasteiger partial charge on any atom is -0.377 e. The van der Waals surface area contributed by atoms with Crippen LogP contribution in [-0.2, 0) is 16.0 Å². The van der Waals surface area contributed by atoms with E-state index in [2.05, 4.69) is 4.98 Å². The van der Waals surface area contributed by atoms with Gasteiger partial charge in [0.25, 0.3) is 5.56 Å². The molecule has 1 N–H and O–H groups in total. The lowest BCUT2D eigenvalue weighted by Crippen LogP contribution is -2.55. The Morgan fingerprint density at radius 1 is 1.35 bits per heavy atom. The van der Waals surface area contributed by atoms with E-state index in [0.717, 1.165) is 10.9 Å². The number of pyridine rings is 1. The lowest BCUT2D eigenvalue weighted by Gasteiger charge is -2.42. The molecule has 1 aromatic heterocycles. The van der Waals surface area contributed by atoms with Crippen molar-refractivity contribution in [1.82, 2.24) is 9.88 Å². The molecule has 5 nitrogen and oxygen atoms in total. The van der Waals surface area contributed by atoms with Crippen molar-refractivity contribution in [3.05, 3.63) is 46.2 Å². The van der Waals surface area contributed by atoms with Gasteiger partial charge in [-0.2, -0.15) is 0 Å². The number of morpholine rings is 1. The zero-order chi connectivity index (χ0) is 16.4. The van der Waals surface area contributed by atoms with Gasteiger partial charge in [0.15, 0.2) is 0 Å². The van der Waals surface area contributed by atoms with E-state index in [1.165, 1.54) is 0 Å². The standard InChI is InChI=1S/C18H22N2O3/c1-18(2)12-23-10-9-20(18)16(21)8-7-14-11-13-5-3-4-6-15(13)19-17(14)22/h3-6,11H,7-10,12H2,1-2H3,(H,19,22). The molecule has 0 aliphatic carbocycles. The van der Waals surface area contributed by atoms with Crippen molar-refractivity contribution < 1.29 is 9.53 Å². The number of aryl methyl sites for hydroxylation is 1. The van der Waals surface area contributed by atoms with Gasteiger partial charge in [0.05, 0.1) is 18.8 Å². The number of fused-ring (bicyclic) bond motifs is 1. The average Bonchev–Trinajstić information content (AvgIpc) is 2.52. The van der Waals surface area contributed by atoms with Gasteiger partial charge in [0.1, 0.15) is 0 Å². The van der Waals surface area contributed by atoms with Crippen molar-refractivity contribution in [3.8, 4) is 0 Å². The number of hydrogen-bond donors (Lipinski definition) is 1. The second-order valence-electron chi connectivity index (χ2n) is 6.62. The van der Waals surface area contributed by atoms with Crippen LogP contribution in [0.4, 0.5) is 0 Å². The third-order valence-corrected chi connectivity index (χ3v) is 4.38. The van der Waals surface area contributed by atoms with Crippen molar-refractivity contribution in [2.24, 2.45) is 0 Å². The largest absolute Gasteiger partial charge is 0.377 e. The summed E-state index contributed by atoms with van der Waals surface area (Å²) in [4.78, 5) is 29.4. The molecule has 0 atom stereocenters. The molecule has 0 unspecified atom stereocenters. The molecule has 0 bridgehead atoms. The number of carbonyl (C=O) groups excluding carboxylic acids is 1. The second kappa shape index (κ2) is 6.16. The fourth-order valence-electron chi connectivity index (χ4n) is 3.08. The Labute approximate surface area is 135 Å². The van der Waals surface area contributed by atoms with Crippen LogP contribution in [0.1, 0.15) is 25.8 Å². The summed E-state index contributed by atoms with van der Waals surface area (Å²) in [5.74, 6) is 0.0749. The number of aromatic amines is 1. The minimum absolute atomic E-state index is 0.0749. The van der Waals surface area contributed by atoms with E-state index in [9.17, 15) is 9.59 Å². The molecular formula is C18H22N2O3. The zero-order valence-corrected chi connectivity index (χ0v) is 13.6. The van der Waals surface area contributed by atoms with Gasteiger partial charge in [-0.05, 0) is 37.8 Å². The number of rotatable bonds is 3. The predicted molar refractivity (Wildman–Crippen MR) is 89.5 cm³/mol. The number of H-pyrrole nitrogens is 1. The maximum Gasteiger partial charge on any atom is 0.251 e. The Morgan fingerprint density at radius 3 is 2.91 bits per heavy atom. The van der Waals surface area contributed by atoms with Crippen LogP contribution in [0.5, 0.6) is 0 Å². The Morgan fingerprint density at radius 2 is 2.13 bits per heavy atom. The van der Waals surface area contributed by atoms with E-state index in [1.807, 2.05) is 49.1 Å². The van der Waals surface area contributed by atoms with Gasteiger partial charge in [-0.25, -0.2) is 0 Å². The number of amides is 1.